The third-order valence-electron chi connectivity index (χ3n) is 3.46. The van der Waals surface area contributed by atoms with Gasteiger partial charge in [0.25, 0.3) is 0 Å². The molecule has 106 valence electrons. The van der Waals surface area contributed by atoms with E-state index in [-0.39, 0.29) is 12.3 Å². The molecule has 0 amide bonds. The van der Waals surface area contributed by atoms with Gasteiger partial charge in [0.1, 0.15) is 0 Å². The number of nitrogens with one attached hydrogen (secondary N) is 1. The lowest BCUT2D eigenvalue weighted by molar-refractivity contribution is 1.40. The van der Waals surface area contributed by atoms with Crippen molar-refractivity contribution in [3.63, 3.8) is 0 Å². The fraction of sp³-hybridized carbons (Fsp3) is 0. The number of rotatable bonds is 1. The van der Waals surface area contributed by atoms with Crippen LogP contribution in [0.1, 0.15) is 0 Å². The number of nitrogens with zero attached hydrogens (tertiary/aromatic N) is 1. The quantitative estimate of drug-likeness (QED) is 0.470. The van der Waals surface area contributed by atoms with E-state index in [9.17, 15) is 0 Å². The van der Waals surface area contributed by atoms with Crippen molar-refractivity contribution in [2.75, 3.05) is 0 Å². The summed E-state index contributed by atoms with van der Waals surface area (Å²) in [6, 6.07) is 20.7. The highest BCUT2D eigenvalue weighted by Crippen LogP contribution is 2.28. The minimum Gasteiger partial charge on any atom is -0.360 e. The van der Waals surface area contributed by atoms with E-state index >= 15 is 0 Å². The van der Waals surface area contributed by atoms with E-state index in [2.05, 4.69) is 41.4 Å². The average Bonchev–Trinajstić information content (AvgIpc) is 2.91. The van der Waals surface area contributed by atoms with Gasteiger partial charge in [-0.1, -0.05) is 42.5 Å². The SMILES string of the molecule is N.N.c1ccc2nc(-c3c[nH]c4ccccc34)ccc2c1. The minimum absolute atomic E-state index is 0. The van der Waals surface area contributed by atoms with Crippen molar-refractivity contribution in [2.24, 2.45) is 0 Å². The van der Waals surface area contributed by atoms with Crippen LogP contribution in [-0.2, 0) is 0 Å². The van der Waals surface area contributed by atoms with Gasteiger partial charge in [0.15, 0.2) is 0 Å². The molecule has 0 aliphatic heterocycles. The molecule has 2 aromatic heterocycles. The van der Waals surface area contributed by atoms with E-state index in [0.717, 1.165) is 22.3 Å². The Balaban J connectivity index is 0.000000807. The number of aromatic nitrogens is 2. The summed E-state index contributed by atoms with van der Waals surface area (Å²) in [4.78, 5) is 8.04. The molecule has 2 aromatic carbocycles. The Kier molecular flexibility index (Phi) is 4.03. The lowest BCUT2D eigenvalue weighted by Gasteiger charge is -2.01. The maximum absolute atomic E-state index is 4.75. The van der Waals surface area contributed by atoms with Crippen LogP contribution in [0.2, 0.25) is 0 Å². The Morgan fingerprint density at radius 2 is 1.52 bits per heavy atom. The van der Waals surface area contributed by atoms with Gasteiger partial charge in [-0.15, -0.1) is 0 Å². The summed E-state index contributed by atoms with van der Waals surface area (Å²) in [5, 5.41) is 2.39. The third kappa shape index (κ3) is 2.38. The van der Waals surface area contributed by atoms with Crippen molar-refractivity contribution in [2.45, 2.75) is 0 Å². The molecule has 4 rings (SSSR count). The number of para-hydroxylation sites is 2. The van der Waals surface area contributed by atoms with Gasteiger partial charge in [-0.25, -0.2) is 4.98 Å². The molecule has 0 saturated heterocycles. The Bertz CT molecular complexity index is 880. The molecule has 4 aromatic rings. The molecule has 0 atom stereocenters. The lowest BCUT2D eigenvalue weighted by Crippen LogP contribution is -1.83. The topological polar surface area (TPSA) is 98.7 Å². The first-order valence-electron chi connectivity index (χ1n) is 6.34. The van der Waals surface area contributed by atoms with Crippen LogP contribution in [-0.4, -0.2) is 9.97 Å². The molecule has 0 fully saturated rings. The Morgan fingerprint density at radius 3 is 2.43 bits per heavy atom. The van der Waals surface area contributed by atoms with Gasteiger partial charge in [0.2, 0.25) is 0 Å². The zero-order valence-corrected chi connectivity index (χ0v) is 11.7. The monoisotopic (exact) mass is 278 g/mol. The largest absolute Gasteiger partial charge is 0.360 e. The molecule has 0 aliphatic carbocycles. The van der Waals surface area contributed by atoms with Crippen LogP contribution < -0.4 is 12.3 Å². The van der Waals surface area contributed by atoms with E-state index in [1.807, 2.05) is 30.5 Å². The summed E-state index contributed by atoms with van der Waals surface area (Å²) in [6.45, 7) is 0. The first kappa shape index (κ1) is 14.7. The van der Waals surface area contributed by atoms with Crippen molar-refractivity contribution in [3.05, 3.63) is 66.9 Å². The summed E-state index contributed by atoms with van der Waals surface area (Å²) in [7, 11) is 0. The molecule has 4 heteroatoms. The summed E-state index contributed by atoms with van der Waals surface area (Å²) in [5.74, 6) is 0. The van der Waals surface area contributed by atoms with Crippen molar-refractivity contribution < 1.29 is 0 Å². The van der Waals surface area contributed by atoms with E-state index in [4.69, 9.17) is 4.98 Å². The molecule has 0 aliphatic rings. The van der Waals surface area contributed by atoms with Gasteiger partial charge in [0, 0.05) is 28.0 Å². The second-order valence-electron chi connectivity index (χ2n) is 4.64. The number of hydrogen-bond donors (Lipinski definition) is 3. The second kappa shape index (κ2) is 5.75. The molecule has 0 radical (unpaired) electrons. The normalized spacial score (nSPS) is 10.1. The maximum Gasteiger partial charge on any atom is 0.0731 e. The summed E-state index contributed by atoms with van der Waals surface area (Å²) < 4.78 is 0. The van der Waals surface area contributed by atoms with Gasteiger partial charge in [0.05, 0.1) is 11.2 Å². The highest BCUT2D eigenvalue weighted by molar-refractivity contribution is 5.95. The molecule has 4 nitrogen and oxygen atoms in total. The number of aromatic amines is 1. The molecule has 0 saturated carbocycles. The highest BCUT2D eigenvalue weighted by atomic mass is 14.7. The smallest absolute Gasteiger partial charge is 0.0731 e. The Morgan fingerprint density at radius 1 is 0.762 bits per heavy atom. The highest BCUT2D eigenvalue weighted by Gasteiger charge is 2.07. The van der Waals surface area contributed by atoms with Crippen LogP contribution in [0.15, 0.2) is 66.9 Å². The third-order valence-corrected chi connectivity index (χ3v) is 3.46. The minimum atomic E-state index is 0. The molecule has 0 bridgehead atoms. The molecule has 2 heterocycles. The first-order valence-corrected chi connectivity index (χ1v) is 6.34. The predicted molar refractivity (Wildman–Crippen MR) is 89.1 cm³/mol. The number of hydrogen-bond acceptors (Lipinski definition) is 3. The van der Waals surface area contributed by atoms with Crippen LogP contribution in [0.5, 0.6) is 0 Å². The fourth-order valence-electron chi connectivity index (χ4n) is 2.50. The molecule has 21 heavy (non-hydrogen) atoms. The number of fused-ring (bicyclic) bond motifs is 2. The van der Waals surface area contributed by atoms with Crippen LogP contribution in [0.3, 0.4) is 0 Å². The van der Waals surface area contributed by atoms with Crippen molar-refractivity contribution >= 4 is 21.8 Å². The van der Waals surface area contributed by atoms with Crippen molar-refractivity contribution in [3.8, 4) is 11.3 Å². The standard InChI is InChI=1S/C17H12N2.2H3N/c1-3-7-15-12(5-1)9-10-17(19-15)14-11-18-16-8-4-2-6-13(14)16;;/h1-11,18H;2*1H3. The predicted octanol–water partition coefficient (Wildman–Crippen LogP) is 4.71. The van der Waals surface area contributed by atoms with Crippen molar-refractivity contribution in [1.82, 2.24) is 22.3 Å². The van der Waals surface area contributed by atoms with E-state index in [1.54, 1.807) is 0 Å². The van der Waals surface area contributed by atoms with Gasteiger partial charge in [-0.3, -0.25) is 0 Å². The van der Waals surface area contributed by atoms with Gasteiger partial charge >= 0.3 is 0 Å². The number of benzene rings is 2. The van der Waals surface area contributed by atoms with Crippen LogP contribution in [0, 0.1) is 0 Å². The zero-order chi connectivity index (χ0) is 12.7. The van der Waals surface area contributed by atoms with E-state index in [0.29, 0.717) is 0 Å². The maximum atomic E-state index is 4.75. The molecule has 7 N–H and O–H groups in total. The van der Waals surface area contributed by atoms with Gasteiger partial charge in [-0.05, 0) is 18.2 Å². The second-order valence-corrected chi connectivity index (χ2v) is 4.64. The van der Waals surface area contributed by atoms with Gasteiger partial charge < -0.3 is 17.3 Å². The van der Waals surface area contributed by atoms with Crippen LogP contribution in [0.25, 0.3) is 33.1 Å². The van der Waals surface area contributed by atoms with E-state index in [1.165, 1.54) is 10.8 Å². The van der Waals surface area contributed by atoms with Crippen LogP contribution in [0.4, 0.5) is 0 Å². The summed E-state index contributed by atoms with van der Waals surface area (Å²) in [6.07, 6.45) is 2.03. The van der Waals surface area contributed by atoms with E-state index < -0.39 is 0 Å². The molecular formula is C17H18N4. The fourth-order valence-corrected chi connectivity index (χ4v) is 2.50. The number of H-pyrrole nitrogens is 1. The first-order chi connectivity index (χ1) is 9.42. The summed E-state index contributed by atoms with van der Waals surface area (Å²) in [5.41, 5.74) is 4.34. The average molecular weight is 278 g/mol. The molecule has 0 unspecified atom stereocenters. The summed E-state index contributed by atoms with van der Waals surface area (Å²) >= 11 is 0. The Hall–Kier alpha value is -2.69. The molecule has 0 spiro atoms. The van der Waals surface area contributed by atoms with Gasteiger partial charge in [-0.2, -0.15) is 0 Å². The Labute approximate surface area is 123 Å². The van der Waals surface area contributed by atoms with Crippen LogP contribution >= 0.6 is 0 Å². The molecular weight excluding hydrogens is 260 g/mol. The zero-order valence-electron chi connectivity index (χ0n) is 11.7. The number of pyridine rings is 1. The lowest BCUT2D eigenvalue weighted by atomic mass is 10.1. The van der Waals surface area contributed by atoms with Crippen molar-refractivity contribution in [1.29, 1.82) is 0 Å².